The van der Waals surface area contributed by atoms with Crippen molar-refractivity contribution in [1.82, 2.24) is 5.32 Å². The van der Waals surface area contributed by atoms with Gasteiger partial charge in [-0.15, -0.1) is 0 Å². The van der Waals surface area contributed by atoms with Crippen LogP contribution in [-0.2, 0) is 6.54 Å². The van der Waals surface area contributed by atoms with Gasteiger partial charge in [-0.25, -0.2) is 0 Å². The van der Waals surface area contributed by atoms with Crippen molar-refractivity contribution in [2.24, 2.45) is 11.8 Å². The summed E-state index contributed by atoms with van der Waals surface area (Å²) in [6.07, 6.45) is 5.48. The summed E-state index contributed by atoms with van der Waals surface area (Å²) in [6, 6.07) is 8.84. The van der Waals surface area contributed by atoms with Gasteiger partial charge in [0, 0.05) is 17.6 Å². The molecule has 1 fully saturated rings. The summed E-state index contributed by atoms with van der Waals surface area (Å²) in [7, 11) is 0. The molecule has 1 aliphatic rings. The number of rotatable bonds is 4. The molecule has 1 N–H and O–H groups in total. The van der Waals surface area contributed by atoms with E-state index in [1.807, 2.05) is 12.1 Å². The second-order valence-corrected chi connectivity index (χ2v) is 6.25. The first-order valence-corrected chi connectivity index (χ1v) is 7.52. The Morgan fingerprint density at radius 3 is 2.78 bits per heavy atom. The van der Waals surface area contributed by atoms with Gasteiger partial charge in [-0.3, -0.25) is 0 Å². The van der Waals surface area contributed by atoms with E-state index in [9.17, 15) is 0 Å². The molecule has 1 nitrogen and oxygen atoms in total. The third kappa shape index (κ3) is 3.73. The van der Waals surface area contributed by atoms with Gasteiger partial charge in [0.2, 0.25) is 0 Å². The highest BCUT2D eigenvalue weighted by atomic mass is 35.5. The van der Waals surface area contributed by atoms with E-state index in [1.54, 1.807) is 0 Å². The lowest BCUT2D eigenvalue weighted by Gasteiger charge is -2.35. The Kier molecular flexibility index (Phi) is 5.08. The van der Waals surface area contributed by atoms with Crippen LogP contribution in [0.5, 0.6) is 0 Å². The Labute approximate surface area is 116 Å². The molecule has 0 heterocycles. The van der Waals surface area contributed by atoms with Crippen LogP contribution in [0.3, 0.4) is 0 Å². The Bertz CT molecular complexity index is 375. The van der Waals surface area contributed by atoms with E-state index < -0.39 is 0 Å². The van der Waals surface area contributed by atoms with Crippen LogP contribution in [0.2, 0.25) is 5.02 Å². The maximum atomic E-state index is 6.02. The van der Waals surface area contributed by atoms with Crippen molar-refractivity contribution in [1.29, 1.82) is 0 Å². The molecule has 2 atom stereocenters. The molecule has 1 aromatic carbocycles. The molecule has 2 heteroatoms. The summed E-state index contributed by atoms with van der Waals surface area (Å²) in [5.74, 6) is 1.61. The molecule has 2 rings (SSSR count). The summed E-state index contributed by atoms with van der Waals surface area (Å²) < 4.78 is 0. The van der Waals surface area contributed by atoms with E-state index >= 15 is 0 Å². The molecule has 0 bridgehead atoms. The normalized spacial score (nSPS) is 24.4. The number of benzene rings is 1. The molecule has 1 aromatic rings. The lowest BCUT2D eigenvalue weighted by atomic mass is 9.78. The molecule has 1 saturated carbocycles. The summed E-state index contributed by atoms with van der Waals surface area (Å²) in [6.45, 7) is 5.64. The third-order valence-corrected chi connectivity index (χ3v) is 4.37. The topological polar surface area (TPSA) is 12.0 Å². The van der Waals surface area contributed by atoms with Crippen LogP contribution >= 0.6 is 11.6 Å². The van der Waals surface area contributed by atoms with Gasteiger partial charge in [0.1, 0.15) is 0 Å². The lowest BCUT2D eigenvalue weighted by molar-refractivity contribution is 0.204. The molecule has 0 aliphatic heterocycles. The molecule has 2 unspecified atom stereocenters. The van der Waals surface area contributed by atoms with Crippen LogP contribution in [0, 0.1) is 11.8 Å². The Morgan fingerprint density at radius 2 is 2.06 bits per heavy atom. The van der Waals surface area contributed by atoms with Gasteiger partial charge < -0.3 is 5.32 Å². The average Bonchev–Trinajstić information content (AvgIpc) is 2.37. The van der Waals surface area contributed by atoms with Gasteiger partial charge in [0.25, 0.3) is 0 Å². The van der Waals surface area contributed by atoms with Crippen LogP contribution in [0.15, 0.2) is 24.3 Å². The zero-order chi connectivity index (χ0) is 13.0. The fourth-order valence-corrected chi connectivity index (χ4v) is 3.32. The fourth-order valence-electron chi connectivity index (χ4n) is 3.11. The minimum absolute atomic E-state index is 0.678. The molecule has 0 saturated heterocycles. The van der Waals surface area contributed by atoms with Crippen LogP contribution in [0.25, 0.3) is 0 Å². The standard InChI is InChI=1S/C16H24ClN/c1-12(2)15-8-3-4-9-16(15)18-11-13-6-5-7-14(17)10-13/h5-7,10,12,15-16,18H,3-4,8-9,11H2,1-2H3. The van der Waals surface area contributed by atoms with Crippen LogP contribution in [0.1, 0.15) is 45.1 Å². The number of hydrogen-bond donors (Lipinski definition) is 1. The second kappa shape index (κ2) is 6.58. The summed E-state index contributed by atoms with van der Waals surface area (Å²) in [5.41, 5.74) is 1.29. The maximum absolute atomic E-state index is 6.02. The van der Waals surface area contributed by atoms with Gasteiger partial charge in [0.15, 0.2) is 0 Å². The third-order valence-electron chi connectivity index (χ3n) is 4.13. The molecule has 0 amide bonds. The van der Waals surface area contributed by atoms with E-state index in [-0.39, 0.29) is 0 Å². The minimum Gasteiger partial charge on any atom is -0.310 e. The highest BCUT2D eigenvalue weighted by molar-refractivity contribution is 6.30. The predicted octanol–water partition coefficient (Wildman–Crippen LogP) is 4.64. The van der Waals surface area contributed by atoms with Gasteiger partial charge in [-0.1, -0.05) is 50.4 Å². The first-order valence-electron chi connectivity index (χ1n) is 7.14. The molecule has 18 heavy (non-hydrogen) atoms. The van der Waals surface area contributed by atoms with Gasteiger partial charge in [0.05, 0.1) is 0 Å². The first kappa shape index (κ1) is 13.9. The Hall–Kier alpha value is -0.530. The second-order valence-electron chi connectivity index (χ2n) is 5.81. The molecule has 0 radical (unpaired) electrons. The summed E-state index contributed by atoms with van der Waals surface area (Å²) in [4.78, 5) is 0. The monoisotopic (exact) mass is 265 g/mol. The van der Waals surface area contributed by atoms with Crippen molar-refractivity contribution in [3.05, 3.63) is 34.9 Å². The van der Waals surface area contributed by atoms with Crippen molar-refractivity contribution >= 4 is 11.6 Å². The van der Waals surface area contributed by atoms with E-state index in [4.69, 9.17) is 11.6 Å². The van der Waals surface area contributed by atoms with Crippen molar-refractivity contribution < 1.29 is 0 Å². The first-order chi connectivity index (χ1) is 8.66. The lowest BCUT2D eigenvalue weighted by Crippen LogP contribution is -2.40. The summed E-state index contributed by atoms with van der Waals surface area (Å²) >= 11 is 6.02. The van der Waals surface area contributed by atoms with Crippen molar-refractivity contribution in [2.75, 3.05) is 0 Å². The maximum Gasteiger partial charge on any atom is 0.0409 e. The molecular formula is C16H24ClN. The van der Waals surface area contributed by atoms with Gasteiger partial charge >= 0.3 is 0 Å². The average molecular weight is 266 g/mol. The van der Waals surface area contributed by atoms with E-state index in [0.29, 0.717) is 6.04 Å². The quantitative estimate of drug-likeness (QED) is 0.836. The van der Waals surface area contributed by atoms with Crippen LogP contribution < -0.4 is 5.32 Å². The number of nitrogens with one attached hydrogen (secondary N) is 1. The SMILES string of the molecule is CC(C)C1CCCCC1NCc1cccc(Cl)c1. The van der Waals surface area contributed by atoms with Crippen molar-refractivity contribution in [3.63, 3.8) is 0 Å². The van der Waals surface area contributed by atoms with Crippen molar-refractivity contribution in [3.8, 4) is 0 Å². The molecule has 100 valence electrons. The molecule has 0 aromatic heterocycles. The van der Waals surface area contributed by atoms with Gasteiger partial charge in [-0.05, 0) is 42.4 Å². The zero-order valence-corrected chi connectivity index (χ0v) is 12.2. The molecular weight excluding hydrogens is 242 g/mol. The van der Waals surface area contributed by atoms with E-state index in [0.717, 1.165) is 23.4 Å². The Balaban J connectivity index is 1.91. The fraction of sp³-hybridized carbons (Fsp3) is 0.625. The zero-order valence-electron chi connectivity index (χ0n) is 11.5. The van der Waals surface area contributed by atoms with Crippen LogP contribution in [0.4, 0.5) is 0 Å². The smallest absolute Gasteiger partial charge is 0.0409 e. The minimum atomic E-state index is 0.678. The predicted molar refractivity (Wildman–Crippen MR) is 78.9 cm³/mol. The van der Waals surface area contributed by atoms with E-state index in [2.05, 4.69) is 31.3 Å². The van der Waals surface area contributed by atoms with Crippen molar-refractivity contribution in [2.45, 2.75) is 52.1 Å². The molecule has 0 spiro atoms. The largest absolute Gasteiger partial charge is 0.310 e. The number of halogens is 1. The van der Waals surface area contributed by atoms with E-state index in [1.165, 1.54) is 31.2 Å². The highest BCUT2D eigenvalue weighted by Crippen LogP contribution is 2.30. The van der Waals surface area contributed by atoms with Crippen LogP contribution in [-0.4, -0.2) is 6.04 Å². The number of hydrogen-bond acceptors (Lipinski definition) is 1. The highest BCUT2D eigenvalue weighted by Gasteiger charge is 2.26. The summed E-state index contributed by atoms with van der Waals surface area (Å²) in [5, 5.41) is 4.57. The van der Waals surface area contributed by atoms with Gasteiger partial charge in [-0.2, -0.15) is 0 Å². The molecule has 1 aliphatic carbocycles. The Morgan fingerprint density at radius 1 is 1.28 bits per heavy atom.